The Labute approximate surface area is 196 Å². The number of anilines is 5. The van der Waals surface area contributed by atoms with Gasteiger partial charge in [0.1, 0.15) is 17.9 Å². The topological polar surface area (TPSA) is 121 Å². The summed E-state index contributed by atoms with van der Waals surface area (Å²) in [5, 5.41) is 9.30. The largest absolute Gasteiger partial charge is 0.474 e. The number of H-pyrrole nitrogens is 1. The highest BCUT2D eigenvalue weighted by Crippen LogP contribution is 2.34. The van der Waals surface area contributed by atoms with Crippen molar-refractivity contribution in [1.82, 2.24) is 9.97 Å². The molecule has 0 saturated carbocycles. The maximum Gasteiger partial charge on any atom is 0.263 e. The SMILES string of the molecule is Cc1c(Nc2cc[nH]c(=O)c2C(=O)Nc2ccc(N3CCOCC3)cc2)cnc2c1NCCO2. The number of nitrogens with zero attached hydrogens (tertiary/aromatic N) is 2. The van der Waals surface area contributed by atoms with Crippen molar-refractivity contribution in [2.24, 2.45) is 0 Å². The Bertz CT molecular complexity index is 1250. The molecule has 1 amide bonds. The Morgan fingerprint density at radius 2 is 1.88 bits per heavy atom. The summed E-state index contributed by atoms with van der Waals surface area (Å²) in [7, 11) is 0. The molecule has 0 bridgehead atoms. The number of nitrogens with one attached hydrogen (secondary N) is 4. The van der Waals surface area contributed by atoms with Crippen LogP contribution in [-0.4, -0.2) is 55.3 Å². The molecule has 4 heterocycles. The molecule has 0 radical (unpaired) electrons. The van der Waals surface area contributed by atoms with Crippen LogP contribution < -0.4 is 31.1 Å². The van der Waals surface area contributed by atoms with Crippen molar-refractivity contribution in [2.45, 2.75) is 6.92 Å². The molecule has 10 heteroatoms. The number of carbonyl (C=O) groups is 1. The number of hydrogen-bond acceptors (Lipinski definition) is 8. The summed E-state index contributed by atoms with van der Waals surface area (Å²) < 4.78 is 11.0. The van der Waals surface area contributed by atoms with E-state index < -0.39 is 11.5 Å². The van der Waals surface area contributed by atoms with E-state index in [4.69, 9.17) is 9.47 Å². The van der Waals surface area contributed by atoms with Crippen LogP contribution in [0.5, 0.6) is 5.88 Å². The molecule has 2 aromatic heterocycles. The second-order valence-corrected chi connectivity index (χ2v) is 8.07. The van der Waals surface area contributed by atoms with Crippen LogP contribution >= 0.6 is 0 Å². The number of aromatic nitrogens is 2. The van der Waals surface area contributed by atoms with Crippen molar-refractivity contribution in [1.29, 1.82) is 0 Å². The minimum atomic E-state index is -0.506. The van der Waals surface area contributed by atoms with Gasteiger partial charge >= 0.3 is 0 Å². The highest BCUT2D eigenvalue weighted by atomic mass is 16.5. The minimum Gasteiger partial charge on any atom is -0.474 e. The third-order valence-corrected chi connectivity index (χ3v) is 5.91. The summed E-state index contributed by atoms with van der Waals surface area (Å²) >= 11 is 0. The quantitative estimate of drug-likeness (QED) is 0.457. The van der Waals surface area contributed by atoms with Crippen LogP contribution in [0.15, 0.2) is 47.5 Å². The molecule has 34 heavy (non-hydrogen) atoms. The van der Waals surface area contributed by atoms with Gasteiger partial charge in [-0.15, -0.1) is 0 Å². The van der Waals surface area contributed by atoms with E-state index in [2.05, 4.69) is 30.8 Å². The third-order valence-electron chi connectivity index (χ3n) is 5.91. The Balaban J connectivity index is 1.36. The van der Waals surface area contributed by atoms with Crippen molar-refractivity contribution in [3.8, 4) is 5.88 Å². The van der Waals surface area contributed by atoms with Crippen molar-refractivity contribution in [2.75, 3.05) is 60.3 Å². The standard InChI is InChI=1S/C24H26N6O4/c1-15-19(14-27-24-21(15)25-8-11-34-24)29-18-6-7-26-22(31)20(18)23(32)28-16-2-4-17(5-3-16)30-9-12-33-13-10-30/h2-7,14,25H,8-13H2,1H3,(H,28,32)(H2,26,29,31). The van der Waals surface area contributed by atoms with Crippen molar-refractivity contribution < 1.29 is 14.3 Å². The molecule has 0 aliphatic carbocycles. The van der Waals surface area contributed by atoms with Gasteiger partial charge in [0.25, 0.3) is 11.5 Å². The van der Waals surface area contributed by atoms with E-state index >= 15 is 0 Å². The van der Waals surface area contributed by atoms with Crippen LogP contribution in [0, 0.1) is 6.92 Å². The van der Waals surface area contributed by atoms with Crippen LogP contribution in [-0.2, 0) is 4.74 Å². The van der Waals surface area contributed by atoms with Crippen molar-refractivity contribution in [3.63, 3.8) is 0 Å². The first-order chi connectivity index (χ1) is 16.6. The van der Waals surface area contributed by atoms with Gasteiger partial charge in [0, 0.05) is 42.8 Å². The smallest absolute Gasteiger partial charge is 0.263 e. The summed E-state index contributed by atoms with van der Waals surface area (Å²) in [6, 6.07) is 9.21. The van der Waals surface area contributed by atoms with Crippen molar-refractivity contribution in [3.05, 3.63) is 64.2 Å². The lowest BCUT2D eigenvalue weighted by Gasteiger charge is -2.28. The van der Waals surface area contributed by atoms with Gasteiger partial charge in [-0.25, -0.2) is 4.98 Å². The molecule has 10 nitrogen and oxygen atoms in total. The van der Waals surface area contributed by atoms with Crippen LogP contribution in [0.1, 0.15) is 15.9 Å². The molecule has 3 aromatic rings. The third kappa shape index (κ3) is 4.40. The molecule has 5 rings (SSSR count). The zero-order chi connectivity index (χ0) is 23.5. The molecule has 1 saturated heterocycles. The number of amides is 1. The summed E-state index contributed by atoms with van der Waals surface area (Å²) in [6.07, 6.45) is 3.13. The number of benzene rings is 1. The van der Waals surface area contributed by atoms with Crippen LogP contribution in [0.3, 0.4) is 0 Å². The fourth-order valence-electron chi connectivity index (χ4n) is 4.07. The van der Waals surface area contributed by atoms with Gasteiger partial charge in [-0.3, -0.25) is 9.59 Å². The van der Waals surface area contributed by atoms with Gasteiger partial charge in [-0.05, 0) is 37.3 Å². The van der Waals surface area contributed by atoms with Gasteiger partial charge in [0.2, 0.25) is 5.88 Å². The Morgan fingerprint density at radius 1 is 1.09 bits per heavy atom. The van der Waals surface area contributed by atoms with E-state index in [1.54, 1.807) is 12.3 Å². The van der Waals surface area contributed by atoms with Gasteiger partial charge in [0.15, 0.2) is 0 Å². The number of rotatable bonds is 5. The molecule has 1 aromatic carbocycles. The number of morpholine rings is 1. The molecule has 1 fully saturated rings. The first kappa shape index (κ1) is 21.8. The lowest BCUT2D eigenvalue weighted by Crippen LogP contribution is -2.36. The number of fused-ring (bicyclic) bond motifs is 1. The van der Waals surface area contributed by atoms with Crippen LogP contribution in [0.2, 0.25) is 0 Å². The molecule has 2 aliphatic rings. The number of pyridine rings is 2. The predicted octanol–water partition coefficient (Wildman–Crippen LogP) is 2.72. The molecule has 0 atom stereocenters. The lowest BCUT2D eigenvalue weighted by molar-refractivity contribution is 0.102. The van der Waals surface area contributed by atoms with E-state index in [0.29, 0.717) is 49.3 Å². The second kappa shape index (κ2) is 9.44. The molecule has 0 spiro atoms. The maximum atomic E-state index is 13.1. The zero-order valence-electron chi connectivity index (χ0n) is 18.8. The number of aromatic amines is 1. The average molecular weight is 463 g/mol. The van der Waals surface area contributed by atoms with E-state index in [-0.39, 0.29) is 5.56 Å². The lowest BCUT2D eigenvalue weighted by atomic mass is 10.1. The fraction of sp³-hybridized carbons (Fsp3) is 0.292. The molecule has 176 valence electrons. The van der Waals surface area contributed by atoms with E-state index in [1.807, 2.05) is 31.2 Å². The monoisotopic (exact) mass is 462 g/mol. The highest BCUT2D eigenvalue weighted by Gasteiger charge is 2.20. The zero-order valence-corrected chi connectivity index (χ0v) is 18.8. The second-order valence-electron chi connectivity index (χ2n) is 8.07. The minimum absolute atomic E-state index is 0.0129. The van der Waals surface area contributed by atoms with E-state index in [9.17, 15) is 9.59 Å². The van der Waals surface area contributed by atoms with Gasteiger partial charge in [0.05, 0.1) is 30.8 Å². The summed E-state index contributed by atoms with van der Waals surface area (Å²) in [5.41, 5.74) is 3.90. The maximum absolute atomic E-state index is 13.1. The van der Waals surface area contributed by atoms with Gasteiger partial charge in [-0.1, -0.05) is 0 Å². The van der Waals surface area contributed by atoms with Crippen molar-refractivity contribution >= 4 is 34.3 Å². The fourth-order valence-corrected chi connectivity index (χ4v) is 4.07. The Hall–Kier alpha value is -4.05. The normalized spacial score (nSPS) is 15.0. The van der Waals surface area contributed by atoms with E-state index in [0.717, 1.165) is 30.0 Å². The number of hydrogen-bond donors (Lipinski definition) is 4. The molecule has 2 aliphatic heterocycles. The average Bonchev–Trinajstić information content (AvgIpc) is 2.87. The molecule has 0 unspecified atom stereocenters. The summed E-state index contributed by atoms with van der Waals surface area (Å²) in [6.45, 7) is 6.23. The Morgan fingerprint density at radius 3 is 2.68 bits per heavy atom. The van der Waals surface area contributed by atoms with Gasteiger partial charge in [-0.2, -0.15) is 0 Å². The first-order valence-corrected chi connectivity index (χ1v) is 11.2. The first-order valence-electron chi connectivity index (χ1n) is 11.2. The van der Waals surface area contributed by atoms with E-state index in [1.165, 1.54) is 6.20 Å². The highest BCUT2D eigenvalue weighted by molar-refractivity contribution is 6.08. The molecular formula is C24H26N6O4. The van der Waals surface area contributed by atoms with Gasteiger partial charge < -0.3 is 35.3 Å². The van der Waals surface area contributed by atoms with Crippen LogP contribution in [0.25, 0.3) is 0 Å². The summed E-state index contributed by atoms with van der Waals surface area (Å²) in [4.78, 5) is 34.9. The predicted molar refractivity (Wildman–Crippen MR) is 131 cm³/mol. The number of ether oxygens (including phenoxy) is 2. The molecule has 4 N–H and O–H groups in total. The Kier molecular flexibility index (Phi) is 6.05. The van der Waals surface area contributed by atoms with Crippen LogP contribution in [0.4, 0.5) is 28.4 Å². The molecular weight excluding hydrogens is 436 g/mol. The number of carbonyl (C=O) groups excluding carboxylic acids is 1. The summed E-state index contributed by atoms with van der Waals surface area (Å²) in [5.74, 6) is 0.0344.